The van der Waals surface area contributed by atoms with Gasteiger partial charge < -0.3 is 14.2 Å². The number of pyridine rings is 1. The lowest BCUT2D eigenvalue weighted by Crippen LogP contribution is -2.03. The number of aromatic carboxylic acids is 1. The molecule has 0 atom stereocenters. The van der Waals surface area contributed by atoms with Crippen molar-refractivity contribution in [2.24, 2.45) is 0 Å². The number of carbonyl (C=O) groups is 2. The molecule has 0 saturated heterocycles. The van der Waals surface area contributed by atoms with Crippen molar-refractivity contribution in [2.75, 3.05) is 7.11 Å². The summed E-state index contributed by atoms with van der Waals surface area (Å²) in [4.78, 5) is 26.2. The van der Waals surface area contributed by atoms with Gasteiger partial charge in [-0.1, -0.05) is 0 Å². The molecule has 0 spiro atoms. The molecule has 2 aromatic heterocycles. The Hall–Kier alpha value is -2.37. The Morgan fingerprint density at radius 2 is 2.12 bits per heavy atom. The number of hydrogen-bond acceptors (Lipinski definition) is 4. The Balaban J connectivity index is 2.67. The number of carbonyl (C=O) groups excluding carboxylic acids is 1. The molecule has 17 heavy (non-hydrogen) atoms. The Bertz CT molecular complexity index is 615. The van der Waals surface area contributed by atoms with Gasteiger partial charge in [0.15, 0.2) is 5.69 Å². The van der Waals surface area contributed by atoms with E-state index >= 15 is 0 Å². The molecule has 0 bridgehead atoms. The molecule has 88 valence electrons. The van der Waals surface area contributed by atoms with Crippen LogP contribution in [0.5, 0.6) is 0 Å². The molecule has 2 aromatic rings. The Kier molecular flexibility index (Phi) is 2.55. The number of carboxylic acid groups (broad SMARTS) is 1. The molecule has 1 N–H and O–H groups in total. The van der Waals surface area contributed by atoms with E-state index in [4.69, 9.17) is 5.11 Å². The van der Waals surface area contributed by atoms with E-state index in [1.807, 2.05) is 0 Å². The third kappa shape index (κ3) is 1.73. The first-order valence-corrected chi connectivity index (χ1v) is 4.85. The lowest BCUT2D eigenvalue weighted by molar-refractivity contribution is 0.0599. The Morgan fingerprint density at radius 3 is 2.71 bits per heavy atom. The minimum absolute atomic E-state index is 0.0288. The minimum Gasteiger partial charge on any atom is -0.476 e. The van der Waals surface area contributed by atoms with Gasteiger partial charge in [-0.25, -0.2) is 14.6 Å². The maximum atomic E-state index is 11.3. The average Bonchev–Trinajstić information content (AvgIpc) is 2.65. The van der Waals surface area contributed by atoms with Crippen LogP contribution < -0.4 is 0 Å². The molecule has 0 aromatic carbocycles. The van der Waals surface area contributed by atoms with Crippen LogP contribution in [0.2, 0.25) is 0 Å². The van der Waals surface area contributed by atoms with Crippen LogP contribution >= 0.6 is 0 Å². The summed E-state index contributed by atoms with van der Waals surface area (Å²) in [7, 11) is 1.29. The van der Waals surface area contributed by atoms with Crippen molar-refractivity contribution >= 4 is 17.5 Å². The molecular weight excluding hydrogens is 224 g/mol. The van der Waals surface area contributed by atoms with E-state index in [0.717, 1.165) is 0 Å². The molecular formula is C11H10N2O4. The highest BCUT2D eigenvalue weighted by Gasteiger charge is 2.16. The van der Waals surface area contributed by atoms with Gasteiger partial charge in [-0.3, -0.25) is 0 Å². The first-order valence-electron chi connectivity index (χ1n) is 4.85. The topological polar surface area (TPSA) is 80.9 Å². The van der Waals surface area contributed by atoms with Crippen molar-refractivity contribution < 1.29 is 19.4 Å². The predicted octanol–water partition coefficient (Wildman–Crippen LogP) is 1.13. The van der Waals surface area contributed by atoms with Crippen molar-refractivity contribution in [3.8, 4) is 0 Å². The van der Waals surface area contributed by atoms with E-state index in [1.165, 1.54) is 25.4 Å². The third-order valence-corrected chi connectivity index (χ3v) is 2.44. The Morgan fingerprint density at radius 1 is 1.41 bits per heavy atom. The summed E-state index contributed by atoms with van der Waals surface area (Å²) in [6.07, 6.45) is 1.51. The van der Waals surface area contributed by atoms with Gasteiger partial charge >= 0.3 is 11.9 Å². The molecule has 0 aliphatic heterocycles. The molecule has 2 heterocycles. The molecule has 2 rings (SSSR count). The van der Waals surface area contributed by atoms with Gasteiger partial charge in [0.05, 0.1) is 18.2 Å². The molecule has 0 aliphatic carbocycles. The molecule has 0 fully saturated rings. The molecule has 0 radical (unpaired) electrons. The second-order valence-corrected chi connectivity index (χ2v) is 3.48. The highest BCUT2D eigenvalue weighted by Crippen LogP contribution is 2.15. The van der Waals surface area contributed by atoms with Gasteiger partial charge in [0.1, 0.15) is 5.82 Å². The van der Waals surface area contributed by atoms with Gasteiger partial charge in [0.2, 0.25) is 0 Å². The number of nitrogens with zero attached hydrogens (tertiary/aromatic N) is 2. The standard InChI is InChI=1S/C11H10N2O4/c1-6-12-9(10(14)15)8-4-3-7(5-13(6)8)11(16)17-2/h3-5H,1-2H3,(H,14,15). The fraction of sp³-hybridized carbons (Fsp3) is 0.182. The van der Waals surface area contributed by atoms with Crippen LogP contribution in [0, 0.1) is 6.92 Å². The summed E-state index contributed by atoms with van der Waals surface area (Å²) in [5, 5.41) is 8.95. The van der Waals surface area contributed by atoms with Crippen molar-refractivity contribution in [1.82, 2.24) is 9.38 Å². The Labute approximate surface area is 96.5 Å². The van der Waals surface area contributed by atoms with E-state index in [9.17, 15) is 9.59 Å². The zero-order chi connectivity index (χ0) is 12.6. The maximum Gasteiger partial charge on any atom is 0.356 e. The van der Waals surface area contributed by atoms with Crippen molar-refractivity contribution in [3.63, 3.8) is 0 Å². The lowest BCUT2D eigenvalue weighted by Gasteiger charge is -2.01. The number of hydrogen-bond donors (Lipinski definition) is 1. The quantitative estimate of drug-likeness (QED) is 0.787. The van der Waals surface area contributed by atoms with E-state index < -0.39 is 11.9 Å². The molecule has 0 unspecified atom stereocenters. The number of aromatic nitrogens is 2. The summed E-state index contributed by atoms with van der Waals surface area (Å²) in [6, 6.07) is 3.05. The van der Waals surface area contributed by atoms with Crippen molar-refractivity contribution in [2.45, 2.75) is 6.92 Å². The number of carboxylic acids is 1. The monoisotopic (exact) mass is 234 g/mol. The molecule has 0 saturated carbocycles. The van der Waals surface area contributed by atoms with Crippen LogP contribution in [0.1, 0.15) is 26.7 Å². The summed E-state index contributed by atoms with van der Waals surface area (Å²) in [5.74, 6) is -1.07. The largest absolute Gasteiger partial charge is 0.476 e. The molecule has 0 amide bonds. The second kappa shape index (κ2) is 3.89. The zero-order valence-corrected chi connectivity index (χ0v) is 9.30. The maximum absolute atomic E-state index is 11.3. The van der Waals surface area contributed by atoms with Crippen LogP contribution in [0.4, 0.5) is 0 Å². The van der Waals surface area contributed by atoms with E-state index in [-0.39, 0.29) is 5.69 Å². The second-order valence-electron chi connectivity index (χ2n) is 3.48. The highest BCUT2D eigenvalue weighted by molar-refractivity contribution is 5.95. The van der Waals surface area contributed by atoms with E-state index in [1.54, 1.807) is 11.3 Å². The first kappa shape index (κ1) is 11.1. The van der Waals surface area contributed by atoms with E-state index in [0.29, 0.717) is 16.9 Å². The van der Waals surface area contributed by atoms with Gasteiger partial charge in [-0.05, 0) is 19.1 Å². The van der Waals surface area contributed by atoms with Gasteiger partial charge in [0.25, 0.3) is 0 Å². The number of imidazole rings is 1. The SMILES string of the molecule is COC(=O)c1ccc2c(C(=O)O)nc(C)n2c1. The van der Waals surface area contributed by atoms with Crippen LogP contribution in [-0.2, 0) is 4.74 Å². The predicted molar refractivity (Wildman–Crippen MR) is 58.2 cm³/mol. The van der Waals surface area contributed by atoms with Crippen LogP contribution in [0.15, 0.2) is 18.3 Å². The highest BCUT2D eigenvalue weighted by atomic mass is 16.5. The third-order valence-electron chi connectivity index (χ3n) is 2.44. The van der Waals surface area contributed by atoms with Gasteiger partial charge in [-0.15, -0.1) is 0 Å². The number of aryl methyl sites for hydroxylation is 1. The smallest absolute Gasteiger partial charge is 0.356 e. The van der Waals surface area contributed by atoms with Crippen molar-refractivity contribution in [1.29, 1.82) is 0 Å². The zero-order valence-electron chi connectivity index (χ0n) is 9.30. The number of fused-ring (bicyclic) bond motifs is 1. The lowest BCUT2D eigenvalue weighted by atomic mass is 10.2. The fourth-order valence-electron chi connectivity index (χ4n) is 1.63. The normalized spacial score (nSPS) is 10.5. The van der Waals surface area contributed by atoms with Crippen LogP contribution in [0.25, 0.3) is 5.52 Å². The van der Waals surface area contributed by atoms with Crippen molar-refractivity contribution in [3.05, 3.63) is 35.4 Å². The number of rotatable bonds is 2. The molecule has 6 heteroatoms. The van der Waals surface area contributed by atoms with Crippen LogP contribution in [-0.4, -0.2) is 33.5 Å². The average molecular weight is 234 g/mol. The summed E-state index contributed by atoms with van der Waals surface area (Å²) < 4.78 is 6.14. The summed E-state index contributed by atoms with van der Waals surface area (Å²) in [5.41, 5.74) is 0.763. The summed E-state index contributed by atoms with van der Waals surface area (Å²) >= 11 is 0. The summed E-state index contributed by atoms with van der Waals surface area (Å²) in [6.45, 7) is 1.67. The fourth-order valence-corrected chi connectivity index (χ4v) is 1.63. The number of ether oxygens (including phenoxy) is 1. The van der Waals surface area contributed by atoms with Gasteiger partial charge in [0, 0.05) is 6.20 Å². The number of methoxy groups -OCH3 is 1. The molecule has 6 nitrogen and oxygen atoms in total. The number of esters is 1. The van der Waals surface area contributed by atoms with Crippen LogP contribution in [0.3, 0.4) is 0 Å². The minimum atomic E-state index is -1.10. The van der Waals surface area contributed by atoms with Gasteiger partial charge in [-0.2, -0.15) is 0 Å². The first-order chi connectivity index (χ1) is 8.04. The van der Waals surface area contributed by atoms with E-state index in [2.05, 4.69) is 9.72 Å². The molecule has 0 aliphatic rings.